The van der Waals surface area contributed by atoms with E-state index in [-0.39, 0.29) is 10.8 Å². The highest BCUT2D eigenvalue weighted by Gasteiger charge is 2.22. The summed E-state index contributed by atoms with van der Waals surface area (Å²) in [6.07, 6.45) is 0. The molecule has 0 saturated heterocycles. The first-order valence-corrected chi connectivity index (χ1v) is 10.8. The molecule has 0 unspecified atom stereocenters. The second-order valence-corrected chi connectivity index (χ2v) is 8.37. The molecule has 0 atom stereocenters. The van der Waals surface area contributed by atoms with Crippen molar-refractivity contribution in [3.63, 3.8) is 0 Å². The van der Waals surface area contributed by atoms with Crippen LogP contribution < -0.4 is 0 Å². The molecular formula is C20H25ClN2O3S. The van der Waals surface area contributed by atoms with E-state index in [4.69, 9.17) is 11.6 Å². The van der Waals surface area contributed by atoms with Crippen LogP contribution in [0.5, 0.6) is 0 Å². The third-order valence-electron chi connectivity index (χ3n) is 4.43. The molecule has 2 aromatic rings. The summed E-state index contributed by atoms with van der Waals surface area (Å²) >= 11 is 6.19. The van der Waals surface area contributed by atoms with Crippen LogP contribution in [0.25, 0.3) is 0 Å². The summed E-state index contributed by atoms with van der Waals surface area (Å²) in [5, 5.41) is 0.615. The molecule has 0 aromatic heterocycles. The van der Waals surface area contributed by atoms with Crippen molar-refractivity contribution in [1.29, 1.82) is 0 Å². The minimum atomic E-state index is -3.53. The van der Waals surface area contributed by atoms with E-state index < -0.39 is 10.0 Å². The van der Waals surface area contributed by atoms with E-state index in [1.807, 2.05) is 25.1 Å². The quantitative estimate of drug-likeness (QED) is 0.662. The highest BCUT2D eigenvalue weighted by molar-refractivity contribution is 7.89. The number of benzene rings is 2. The Kier molecular flexibility index (Phi) is 7.41. The van der Waals surface area contributed by atoms with E-state index >= 15 is 0 Å². The fourth-order valence-electron chi connectivity index (χ4n) is 2.82. The molecule has 0 bridgehead atoms. The highest BCUT2D eigenvalue weighted by atomic mass is 35.5. The Morgan fingerprint density at radius 1 is 0.926 bits per heavy atom. The Balaban J connectivity index is 2.22. The van der Waals surface area contributed by atoms with Gasteiger partial charge in [-0.3, -0.25) is 4.79 Å². The summed E-state index contributed by atoms with van der Waals surface area (Å²) < 4.78 is 26.5. The fraction of sp³-hybridized carbons (Fsp3) is 0.350. The number of hydrogen-bond acceptors (Lipinski definition) is 3. The van der Waals surface area contributed by atoms with Crippen molar-refractivity contribution in [3.05, 3.63) is 64.7 Å². The Morgan fingerprint density at radius 3 is 2.04 bits per heavy atom. The normalized spacial score (nSPS) is 11.6. The van der Waals surface area contributed by atoms with Gasteiger partial charge < -0.3 is 4.90 Å². The molecule has 0 saturated carbocycles. The second kappa shape index (κ2) is 9.35. The number of hydrogen-bond donors (Lipinski definition) is 0. The van der Waals surface area contributed by atoms with E-state index in [2.05, 4.69) is 0 Å². The van der Waals surface area contributed by atoms with Crippen molar-refractivity contribution in [3.8, 4) is 0 Å². The summed E-state index contributed by atoms with van der Waals surface area (Å²) in [6, 6.07) is 13.5. The standard InChI is InChI=1S/C20H25ClN2O3S/c1-4-22(15-17-9-7-8-10-19(17)21)20(24)16-11-13-18(14-12-16)27(25,26)23(5-2)6-3/h7-14H,4-6,15H2,1-3H3. The topological polar surface area (TPSA) is 57.7 Å². The Labute approximate surface area is 166 Å². The number of amides is 1. The Bertz CT molecular complexity index is 878. The van der Waals surface area contributed by atoms with Gasteiger partial charge >= 0.3 is 0 Å². The molecule has 2 aromatic carbocycles. The van der Waals surface area contributed by atoms with Gasteiger partial charge in [0.2, 0.25) is 10.0 Å². The lowest BCUT2D eigenvalue weighted by Gasteiger charge is -2.22. The lowest BCUT2D eigenvalue weighted by Crippen LogP contribution is -2.31. The summed E-state index contributed by atoms with van der Waals surface area (Å²) in [7, 11) is -3.53. The van der Waals surface area contributed by atoms with Crippen LogP contribution in [0.15, 0.2) is 53.4 Å². The van der Waals surface area contributed by atoms with Gasteiger partial charge in [0.25, 0.3) is 5.91 Å². The molecule has 0 aliphatic carbocycles. The number of nitrogens with zero attached hydrogens (tertiary/aromatic N) is 2. The lowest BCUT2D eigenvalue weighted by molar-refractivity contribution is 0.0752. The van der Waals surface area contributed by atoms with Crippen LogP contribution >= 0.6 is 11.6 Å². The lowest BCUT2D eigenvalue weighted by atomic mass is 10.1. The summed E-state index contributed by atoms with van der Waals surface area (Å²) in [4.78, 5) is 14.7. The molecular weight excluding hydrogens is 384 g/mol. The maximum Gasteiger partial charge on any atom is 0.254 e. The third kappa shape index (κ3) is 4.89. The number of rotatable bonds is 8. The van der Waals surface area contributed by atoms with Gasteiger partial charge in [-0.25, -0.2) is 8.42 Å². The van der Waals surface area contributed by atoms with Crippen molar-refractivity contribution in [2.45, 2.75) is 32.2 Å². The second-order valence-electron chi connectivity index (χ2n) is 6.02. The van der Waals surface area contributed by atoms with Crippen LogP contribution in [0.1, 0.15) is 36.7 Å². The van der Waals surface area contributed by atoms with Gasteiger partial charge in [-0.2, -0.15) is 4.31 Å². The van der Waals surface area contributed by atoms with E-state index in [1.54, 1.807) is 36.9 Å². The maximum atomic E-state index is 12.8. The number of carbonyl (C=O) groups excluding carboxylic acids is 1. The van der Waals surface area contributed by atoms with Gasteiger partial charge in [-0.05, 0) is 42.8 Å². The van der Waals surface area contributed by atoms with Gasteiger partial charge in [-0.15, -0.1) is 0 Å². The molecule has 7 heteroatoms. The van der Waals surface area contributed by atoms with Crippen LogP contribution in [0.2, 0.25) is 5.02 Å². The monoisotopic (exact) mass is 408 g/mol. The molecule has 0 heterocycles. The van der Waals surface area contributed by atoms with Crippen molar-refractivity contribution < 1.29 is 13.2 Å². The number of carbonyl (C=O) groups is 1. The average Bonchev–Trinajstić information content (AvgIpc) is 2.67. The molecule has 2 rings (SSSR count). The third-order valence-corrected chi connectivity index (χ3v) is 6.87. The van der Waals surface area contributed by atoms with Crippen molar-refractivity contribution in [2.24, 2.45) is 0 Å². The molecule has 146 valence electrons. The van der Waals surface area contributed by atoms with Crippen molar-refractivity contribution in [1.82, 2.24) is 9.21 Å². The molecule has 0 radical (unpaired) electrons. The van der Waals surface area contributed by atoms with Gasteiger partial charge in [-0.1, -0.05) is 43.6 Å². The molecule has 0 fully saturated rings. The van der Waals surface area contributed by atoms with E-state index in [1.165, 1.54) is 16.4 Å². The first kappa shape index (κ1) is 21.4. The van der Waals surface area contributed by atoms with Crippen LogP contribution in [0.3, 0.4) is 0 Å². The predicted octanol–water partition coefficient (Wildman–Crippen LogP) is 4.03. The molecule has 0 spiro atoms. The zero-order valence-corrected chi connectivity index (χ0v) is 17.4. The Morgan fingerprint density at radius 2 is 1.52 bits per heavy atom. The maximum absolute atomic E-state index is 12.8. The van der Waals surface area contributed by atoms with E-state index in [0.29, 0.717) is 36.8 Å². The molecule has 5 nitrogen and oxygen atoms in total. The Hall–Kier alpha value is -1.89. The van der Waals surface area contributed by atoms with Gasteiger partial charge in [0.1, 0.15) is 0 Å². The fourth-order valence-corrected chi connectivity index (χ4v) is 4.48. The minimum Gasteiger partial charge on any atom is -0.335 e. The average molecular weight is 409 g/mol. The molecule has 0 aliphatic rings. The van der Waals surface area contributed by atoms with Gasteiger partial charge in [0.05, 0.1) is 4.90 Å². The van der Waals surface area contributed by atoms with Gasteiger partial charge in [0, 0.05) is 36.8 Å². The predicted molar refractivity (Wildman–Crippen MR) is 108 cm³/mol. The highest BCUT2D eigenvalue weighted by Crippen LogP contribution is 2.20. The largest absolute Gasteiger partial charge is 0.335 e. The van der Waals surface area contributed by atoms with Crippen molar-refractivity contribution in [2.75, 3.05) is 19.6 Å². The van der Waals surface area contributed by atoms with Crippen LogP contribution in [0, 0.1) is 0 Å². The summed E-state index contributed by atoms with van der Waals surface area (Å²) in [5.41, 5.74) is 1.32. The first-order chi connectivity index (χ1) is 12.8. The molecule has 0 N–H and O–H groups in total. The van der Waals surface area contributed by atoms with Crippen molar-refractivity contribution >= 4 is 27.5 Å². The molecule has 0 aliphatic heterocycles. The molecule has 1 amide bonds. The van der Waals surface area contributed by atoms with Crippen LogP contribution in [-0.2, 0) is 16.6 Å². The minimum absolute atomic E-state index is 0.163. The van der Waals surface area contributed by atoms with Gasteiger partial charge in [0.15, 0.2) is 0 Å². The number of halogens is 1. The summed E-state index contributed by atoms with van der Waals surface area (Å²) in [5.74, 6) is -0.163. The van der Waals surface area contributed by atoms with Crippen LogP contribution in [0.4, 0.5) is 0 Å². The zero-order valence-electron chi connectivity index (χ0n) is 15.9. The zero-order chi connectivity index (χ0) is 20.0. The number of sulfonamides is 1. The first-order valence-electron chi connectivity index (χ1n) is 8.98. The molecule has 27 heavy (non-hydrogen) atoms. The summed E-state index contributed by atoms with van der Waals surface area (Å²) in [6.45, 7) is 7.22. The SMILES string of the molecule is CCN(Cc1ccccc1Cl)C(=O)c1ccc(S(=O)(=O)N(CC)CC)cc1. The smallest absolute Gasteiger partial charge is 0.254 e. The van der Waals surface area contributed by atoms with E-state index in [9.17, 15) is 13.2 Å². The van der Waals surface area contributed by atoms with E-state index in [0.717, 1.165) is 5.56 Å². The van der Waals surface area contributed by atoms with Crippen LogP contribution in [-0.4, -0.2) is 43.2 Å².